The number of hydrogen-bond donors (Lipinski definition) is 1. The summed E-state index contributed by atoms with van der Waals surface area (Å²) in [5, 5.41) is 1.10. The van der Waals surface area contributed by atoms with E-state index in [9.17, 15) is 9.59 Å². The highest BCUT2D eigenvalue weighted by molar-refractivity contribution is 7.11. The predicted molar refractivity (Wildman–Crippen MR) is 89.5 cm³/mol. The molecule has 1 saturated heterocycles. The van der Waals surface area contributed by atoms with Crippen molar-refractivity contribution in [3.63, 3.8) is 0 Å². The van der Waals surface area contributed by atoms with Gasteiger partial charge in [-0.15, -0.1) is 11.3 Å². The number of rotatable bonds is 3. The minimum atomic E-state index is -0.496. The highest BCUT2D eigenvalue weighted by Crippen LogP contribution is 2.35. The number of amides is 3. The molecule has 0 spiro atoms. The Hall–Kier alpha value is -1.63. The second kappa shape index (κ2) is 6.47. The molecule has 126 valence electrons. The Labute approximate surface area is 140 Å². The van der Waals surface area contributed by atoms with Gasteiger partial charge in [0.2, 0.25) is 5.91 Å². The van der Waals surface area contributed by atoms with Crippen LogP contribution < -0.4 is 5.73 Å². The fourth-order valence-electron chi connectivity index (χ4n) is 3.77. The standard InChI is InChI=1S/C16H24N4O2S/c1-10-18-14-11(5-3-7-13(14)23-10)9-19(2)15(21)12-6-4-8-20(12)16(17)22/h11-12H,3-9H2,1-2H3,(H2,17,22)/t11?,12-/m0/s1. The van der Waals surface area contributed by atoms with Gasteiger partial charge in [-0.25, -0.2) is 9.78 Å². The SMILES string of the molecule is Cc1nc2c(s1)CCCC2CN(C)C(=O)[C@@H]1CCCN1C(N)=O. The number of aryl methyl sites for hydroxylation is 2. The van der Waals surface area contributed by atoms with Gasteiger partial charge in [0.05, 0.1) is 10.7 Å². The minimum absolute atomic E-state index is 0.000347. The summed E-state index contributed by atoms with van der Waals surface area (Å²) in [4.78, 5) is 33.5. The first-order valence-electron chi connectivity index (χ1n) is 8.24. The summed E-state index contributed by atoms with van der Waals surface area (Å²) in [6.07, 6.45) is 4.87. The molecule has 0 bridgehead atoms. The summed E-state index contributed by atoms with van der Waals surface area (Å²) in [7, 11) is 1.83. The molecule has 2 aliphatic rings. The number of carbonyl (C=O) groups is 2. The topological polar surface area (TPSA) is 79.5 Å². The molecule has 23 heavy (non-hydrogen) atoms. The van der Waals surface area contributed by atoms with E-state index >= 15 is 0 Å². The lowest BCUT2D eigenvalue weighted by atomic mass is 9.90. The van der Waals surface area contributed by atoms with Gasteiger partial charge in [0.15, 0.2) is 0 Å². The number of aromatic nitrogens is 1. The quantitative estimate of drug-likeness (QED) is 0.915. The molecule has 2 N–H and O–H groups in total. The van der Waals surface area contributed by atoms with Gasteiger partial charge in [-0.3, -0.25) is 4.79 Å². The third-order valence-corrected chi connectivity index (χ3v) is 5.92. The molecule has 2 heterocycles. The van der Waals surface area contributed by atoms with Crippen molar-refractivity contribution < 1.29 is 9.59 Å². The van der Waals surface area contributed by atoms with Crippen molar-refractivity contribution in [1.82, 2.24) is 14.8 Å². The third kappa shape index (κ3) is 3.20. The van der Waals surface area contributed by atoms with Crippen LogP contribution in [0.15, 0.2) is 0 Å². The van der Waals surface area contributed by atoms with Crippen molar-refractivity contribution in [1.29, 1.82) is 0 Å². The number of thiazole rings is 1. The van der Waals surface area contributed by atoms with E-state index in [1.807, 2.05) is 14.0 Å². The highest BCUT2D eigenvalue weighted by Gasteiger charge is 2.36. The lowest BCUT2D eigenvalue weighted by Gasteiger charge is -2.30. The number of likely N-dealkylation sites (tertiary alicyclic amines) is 1. The second-order valence-electron chi connectivity index (χ2n) is 6.54. The summed E-state index contributed by atoms with van der Waals surface area (Å²) < 4.78 is 0. The number of likely N-dealkylation sites (N-methyl/N-ethyl adjacent to an activating group) is 1. The smallest absolute Gasteiger partial charge is 0.315 e. The van der Waals surface area contributed by atoms with Crippen LogP contribution in [-0.4, -0.2) is 52.9 Å². The molecule has 0 saturated carbocycles. The first-order chi connectivity index (χ1) is 11.0. The zero-order chi connectivity index (χ0) is 16.6. The minimum Gasteiger partial charge on any atom is -0.351 e. The molecule has 6 nitrogen and oxygen atoms in total. The van der Waals surface area contributed by atoms with Gasteiger partial charge in [0.25, 0.3) is 0 Å². The summed E-state index contributed by atoms with van der Waals surface area (Å²) >= 11 is 1.78. The molecule has 3 amide bonds. The van der Waals surface area contributed by atoms with Crippen LogP contribution in [0.3, 0.4) is 0 Å². The molecular formula is C16H24N4O2S. The lowest BCUT2D eigenvalue weighted by molar-refractivity contribution is -0.134. The molecule has 1 aliphatic heterocycles. The summed E-state index contributed by atoms with van der Waals surface area (Å²) in [6, 6.07) is -0.887. The van der Waals surface area contributed by atoms with Crippen LogP contribution in [0.5, 0.6) is 0 Å². The molecule has 2 atom stereocenters. The van der Waals surface area contributed by atoms with Crippen LogP contribution in [0.4, 0.5) is 4.79 Å². The van der Waals surface area contributed by atoms with Gasteiger partial charge in [-0.05, 0) is 39.0 Å². The van der Waals surface area contributed by atoms with Gasteiger partial charge in [0.1, 0.15) is 6.04 Å². The van der Waals surface area contributed by atoms with E-state index in [0.717, 1.165) is 30.7 Å². The van der Waals surface area contributed by atoms with Gasteiger partial charge in [-0.2, -0.15) is 0 Å². The third-order valence-electron chi connectivity index (χ3n) is 4.87. The van der Waals surface area contributed by atoms with Gasteiger partial charge in [0, 0.05) is 30.9 Å². The van der Waals surface area contributed by atoms with E-state index in [1.54, 1.807) is 16.2 Å². The molecule has 1 unspecified atom stereocenters. The summed E-state index contributed by atoms with van der Waals surface area (Å²) in [6.45, 7) is 3.29. The van der Waals surface area contributed by atoms with E-state index in [1.165, 1.54) is 15.5 Å². The maximum Gasteiger partial charge on any atom is 0.315 e. The van der Waals surface area contributed by atoms with Crippen LogP contribution in [-0.2, 0) is 11.2 Å². The van der Waals surface area contributed by atoms with Crippen molar-refractivity contribution >= 4 is 23.3 Å². The van der Waals surface area contributed by atoms with Crippen molar-refractivity contribution in [2.24, 2.45) is 5.73 Å². The average molecular weight is 336 g/mol. The maximum absolute atomic E-state index is 12.7. The van der Waals surface area contributed by atoms with Crippen LogP contribution >= 0.6 is 11.3 Å². The van der Waals surface area contributed by atoms with Gasteiger partial charge < -0.3 is 15.5 Å². The second-order valence-corrected chi connectivity index (χ2v) is 7.83. The largest absolute Gasteiger partial charge is 0.351 e. The molecule has 7 heteroatoms. The molecule has 1 aromatic rings. The molecule has 1 fully saturated rings. The van der Waals surface area contributed by atoms with E-state index in [2.05, 4.69) is 4.98 Å². The Morgan fingerprint density at radius 3 is 2.91 bits per heavy atom. The van der Waals surface area contributed by atoms with Crippen molar-refractivity contribution in [3.8, 4) is 0 Å². The van der Waals surface area contributed by atoms with Crippen LogP contribution in [0.25, 0.3) is 0 Å². The van der Waals surface area contributed by atoms with Crippen molar-refractivity contribution in [2.75, 3.05) is 20.1 Å². The Balaban J connectivity index is 1.68. The molecule has 1 aromatic heterocycles. The van der Waals surface area contributed by atoms with E-state index in [0.29, 0.717) is 25.4 Å². The molecule has 1 aliphatic carbocycles. The normalized spacial score (nSPS) is 23.7. The number of carbonyl (C=O) groups excluding carboxylic acids is 2. The Morgan fingerprint density at radius 2 is 2.17 bits per heavy atom. The van der Waals surface area contributed by atoms with Crippen LogP contribution in [0.2, 0.25) is 0 Å². The fraction of sp³-hybridized carbons (Fsp3) is 0.688. The average Bonchev–Trinajstić information content (AvgIpc) is 3.12. The molecule has 0 radical (unpaired) electrons. The summed E-state index contributed by atoms with van der Waals surface area (Å²) in [5.74, 6) is 0.307. The number of nitrogens with zero attached hydrogens (tertiary/aromatic N) is 3. The molecule has 3 rings (SSSR count). The number of fused-ring (bicyclic) bond motifs is 1. The molecular weight excluding hydrogens is 312 g/mol. The first kappa shape index (κ1) is 16.2. The lowest BCUT2D eigenvalue weighted by Crippen LogP contribution is -2.49. The Morgan fingerprint density at radius 1 is 1.39 bits per heavy atom. The Bertz CT molecular complexity index is 615. The number of urea groups is 1. The van der Waals surface area contributed by atoms with Crippen LogP contribution in [0.1, 0.15) is 47.2 Å². The highest BCUT2D eigenvalue weighted by atomic mass is 32.1. The van der Waals surface area contributed by atoms with E-state index in [-0.39, 0.29) is 5.91 Å². The number of nitrogens with two attached hydrogens (primary N) is 1. The fourth-order valence-corrected chi connectivity index (χ4v) is 4.83. The number of primary amides is 1. The zero-order valence-corrected chi connectivity index (χ0v) is 14.6. The first-order valence-corrected chi connectivity index (χ1v) is 9.06. The number of hydrogen-bond acceptors (Lipinski definition) is 4. The molecule has 0 aromatic carbocycles. The predicted octanol–water partition coefficient (Wildman–Crippen LogP) is 1.87. The van der Waals surface area contributed by atoms with Gasteiger partial charge >= 0.3 is 6.03 Å². The summed E-state index contributed by atoms with van der Waals surface area (Å²) in [5.41, 5.74) is 6.56. The van der Waals surface area contributed by atoms with Gasteiger partial charge in [-0.1, -0.05) is 0 Å². The van der Waals surface area contributed by atoms with E-state index in [4.69, 9.17) is 5.73 Å². The monoisotopic (exact) mass is 336 g/mol. The van der Waals surface area contributed by atoms with Crippen molar-refractivity contribution in [3.05, 3.63) is 15.6 Å². The zero-order valence-electron chi connectivity index (χ0n) is 13.7. The van der Waals surface area contributed by atoms with Crippen molar-refractivity contribution in [2.45, 2.75) is 51.0 Å². The van der Waals surface area contributed by atoms with Crippen LogP contribution in [0, 0.1) is 6.92 Å². The van der Waals surface area contributed by atoms with E-state index < -0.39 is 12.1 Å². The Kier molecular flexibility index (Phi) is 4.57. The maximum atomic E-state index is 12.7.